The zero-order valence-electron chi connectivity index (χ0n) is 9.36. The van der Waals surface area contributed by atoms with Crippen molar-refractivity contribution in [3.05, 3.63) is 0 Å². The lowest BCUT2D eigenvalue weighted by Crippen LogP contribution is -2.45. The van der Waals surface area contributed by atoms with E-state index >= 15 is 0 Å². The van der Waals surface area contributed by atoms with E-state index in [0.29, 0.717) is 12.0 Å². The molecule has 0 aromatic heterocycles. The summed E-state index contributed by atoms with van der Waals surface area (Å²) in [5, 5.41) is 8.73. The summed E-state index contributed by atoms with van der Waals surface area (Å²) in [6.07, 6.45) is 1.52. The molecule has 80 valence electrons. The molecule has 0 spiro atoms. The number of hydrogen-bond acceptors (Lipinski definition) is 3. The molecule has 1 aliphatic rings. The summed E-state index contributed by atoms with van der Waals surface area (Å²) in [7, 11) is 1.78. The minimum absolute atomic E-state index is 0.126. The molecule has 0 N–H and O–H groups in total. The predicted molar refractivity (Wildman–Crippen MR) is 55.8 cm³/mol. The quantitative estimate of drug-likeness (QED) is 0.686. The second-order valence-corrected chi connectivity index (χ2v) is 4.33. The number of hydrogen-bond donors (Lipinski definition) is 0. The van der Waals surface area contributed by atoms with Gasteiger partial charge in [0.15, 0.2) is 0 Å². The van der Waals surface area contributed by atoms with Crippen LogP contribution in [0, 0.1) is 23.2 Å². The van der Waals surface area contributed by atoms with Crippen molar-refractivity contribution in [3.63, 3.8) is 0 Å². The van der Waals surface area contributed by atoms with E-state index in [4.69, 9.17) is 10.00 Å². The number of likely N-dealkylation sites (tertiary alicyclic amines) is 1. The highest BCUT2D eigenvalue weighted by Gasteiger charge is 2.26. The van der Waals surface area contributed by atoms with Crippen LogP contribution in [-0.2, 0) is 4.74 Å². The first-order valence-electron chi connectivity index (χ1n) is 5.32. The third-order valence-corrected chi connectivity index (χ3v) is 3.03. The van der Waals surface area contributed by atoms with E-state index in [-0.39, 0.29) is 5.92 Å². The maximum absolute atomic E-state index is 8.73. The molecule has 0 radical (unpaired) electrons. The van der Waals surface area contributed by atoms with Gasteiger partial charge >= 0.3 is 0 Å². The van der Waals surface area contributed by atoms with Crippen molar-refractivity contribution >= 4 is 0 Å². The predicted octanol–water partition coefficient (Wildman–Crippen LogP) is 1.50. The summed E-state index contributed by atoms with van der Waals surface area (Å²) < 4.78 is 5.42. The topological polar surface area (TPSA) is 36.3 Å². The molecule has 14 heavy (non-hydrogen) atoms. The van der Waals surface area contributed by atoms with E-state index in [1.54, 1.807) is 7.11 Å². The Morgan fingerprint density at radius 1 is 1.64 bits per heavy atom. The molecule has 0 saturated carbocycles. The molecule has 3 heteroatoms. The van der Waals surface area contributed by atoms with Gasteiger partial charge in [-0.3, -0.25) is 4.90 Å². The average molecular weight is 196 g/mol. The highest BCUT2D eigenvalue weighted by molar-refractivity contribution is 4.85. The van der Waals surface area contributed by atoms with Crippen molar-refractivity contribution in [2.75, 3.05) is 26.7 Å². The number of nitriles is 1. The van der Waals surface area contributed by atoms with Crippen LogP contribution in [0.25, 0.3) is 0 Å². The lowest BCUT2D eigenvalue weighted by atomic mass is 9.95. The van der Waals surface area contributed by atoms with E-state index in [1.807, 2.05) is 6.92 Å². The molecule has 0 amide bonds. The number of rotatable bonds is 3. The highest BCUT2D eigenvalue weighted by atomic mass is 16.5. The molecule has 1 aliphatic heterocycles. The Labute approximate surface area is 86.6 Å². The van der Waals surface area contributed by atoms with Crippen LogP contribution in [0.3, 0.4) is 0 Å². The van der Waals surface area contributed by atoms with Gasteiger partial charge in [-0.25, -0.2) is 0 Å². The normalized spacial score (nSPS) is 31.0. The summed E-state index contributed by atoms with van der Waals surface area (Å²) in [6.45, 7) is 7.17. The molecule has 1 saturated heterocycles. The van der Waals surface area contributed by atoms with Crippen LogP contribution in [0.2, 0.25) is 0 Å². The van der Waals surface area contributed by atoms with Crippen LogP contribution in [0.15, 0.2) is 0 Å². The molecular weight excluding hydrogens is 176 g/mol. The molecule has 0 bridgehead atoms. The summed E-state index contributed by atoms with van der Waals surface area (Å²) in [5.74, 6) is 0.773. The largest absolute Gasteiger partial charge is 0.380 e. The number of nitrogens with zero attached hydrogens (tertiary/aromatic N) is 2. The molecule has 3 nitrogen and oxygen atoms in total. The fourth-order valence-corrected chi connectivity index (χ4v) is 2.00. The molecule has 3 atom stereocenters. The van der Waals surface area contributed by atoms with E-state index in [0.717, 1.165) is 19.6 Å². The first-order chi connectivity index (χ1) is 6.67. The van der Waals surface area contributed by atoms with Crippen LogP contribution in [0.4, 0.5) is 0 Å². The maximum atomic E-state index is 8.73. The number of methoxy groups -OCH3 is 1. The molecule has 1 fully saturated rings. The zero-order chi connectivity index (χ0) is 10.6. The van der Waals surface area contributed by atoms with Gasteiger partial charge in [0.25, 0.3) is 0 Å². The number of piperidine rings is 1. The molecular formula is C11H20N2O. The maximum Gasteiger partial charge on any atom is 0.0724 e. The van der Waals surface area contributed by atoms with Crippen LogP contribution in [0.1, 0.15) is 20.3 Å². The van der Waals surface area contributed by atoms with Gasteiger partial charge < -0.3 is 4.74 Å². The summed E-state index contributed by atoms with van der Waals surface area (Å²) in [6, 6.07) is 2.27. The van der Waals surface area contributed by atoms with Crippen molar-refractivity contribution < 1.29 is 4.74 Å². The van der Waals surface area contributed by atoms with Gasteiger partial charge in [-0.2, -0.15) is 5.26 Å². The van der Waals surface area contributed by atoms with E-state index in [1.165, 1.54) is 6.42 Å². The smallest absolute Gasteiger partial charge is 0.0724 e. The second-order valence-electron chi connectivity index (χ2n) is 4.33. The van der Waals surface area contributed by atoms with Crippen molar-refractivity contribution in [3.8, 4) is 6.07 Å². The third-order valence-electron chi connectivity index (χ3n) is 3.03. The lowest BCUT2D eigenvalue weighted by molar-refractivity contribution is -0.00683. The average Bonchev–Trinajstić information content (AvgIpc) is 2.20. The van der Waals surface area contributed by atoms with Crippen LogP contribution >= 0.6 is 0 Å². The van der Waals surface area contributed by atoms with Gasteiger partial charge in [-0.1, -0.05) is 6.92 Å². The Kier molecular flexibility index (Phi) is 4.37. The third kappa shape index (κ3) is 2.97. The molecule has 1 rings (SSSR count). The van der Waals surface area contributed by atoms with Gasteiger partial charge in [0.2, 0.25) is 0 Å². The lowest BCUT2D eigenvalue weighted by Gasteiger charge is -2.36. The van der Waals surface area contributed by atoms with Crippen molar-refractivity contribution in [1.29, 1.82) is 5.26 Å². The monoisotopic (exact) mass is 196 g/mol. The standard InChI is InChI=1S/C11H20N2O/c1-9(6-12)7-13-5-4-10(2)11(8-13)14-3/h9-11H,4-5,7-8H2,1-3H3. The number of ether oxygens (including phenoxy) is 1. The van der Waals surface area contributed by atoms with Gasteiger partial charge in [-0.15, -0.1) is 0 Å². The fraction of sp³-hybridized carbons (Fsp3) is 0.909. The summed E-state index contributed by atoms with van der Waals surface area (Å²) in [5.41, 5.74) is 0. The first-order valence-corrected chi connectivity index (χ1v) is 5.32. The molecule has 0 aromatic carbocycles. The zero-order valence-corrected chi connectivity index (χ0v) is 9.36. The SMILES string of the molecule is COC1CN(CC(C)C#N)CCC1C. The summed E-state index contributed by atoms with van der Waals surface area (Å²) >= 11 is 0. The van der Waals surface area contributed by atoms with Crippen molar-refractivity contribution in [2.45, 2.75) is 26.4 Å². The van der Waals surface area contributed by atoms with Crippen LogP contribution in [-0.4, -0.2) is 37.7 Å². The second kappa shape index (κ2) is 5.33. The van der Waals surface area contributed by atoms with Crippen LogP contribution < -0.4 is 0 Å². The molecule has 0 aliphatic carbocycles. The minimum atomic E-state index is 0.126. The Balaban J connectivity index is 2.39. The van der Waals surface area contributed by atoms with Crippen molar-refractivity contribution in [1.82, 2.24) is 4.90 Å². The van der Waals surface area contributed by atoms with Gasteiger partial charge in [0, 0.05) is 20.2 Å². The van der Waals surface area contributed by atoms with Gasteiger partial charge in [0.05, 0.1) is 18.1 Å². The van der Waals surface area contributed by atoms with Crippen LogP contribution in [0.5, 0.6) is 0 Å². The first kappa shape index (κ1) is 11.5. The molecule has 3 unspecified atom stereocenters. The molecule has 1 heterocycles. The fourth-order valence-electron chi connectivity index (χ4n) is 2.00. The summed E-state index contributed by atoms with van der Waals surface area (Å²) in [4.78, 5) is 2.34. The van der Waals surface area contributed by atoms with Gasteiger partial charge in [-0.05, 0) is 25.8 Å². The Morgan fingerprint density at radius 2 is 2.36 bits per heavy atom. The van der Waals surface area contributed by atoms with Crippen molar-refractivity contribution in [2.24, 2.45) is 11.8 Å². The highest BCUT2D eigenvalue weighted by Crippen LogP contribution is 2.19. The Hall–Kier alpha value is -0.590. The van der Waals surface area contributed by atoms with E-state index in [2.05, 4.69) is 17.9 Å². The molecule has 0 aromatic rings. The Bertz CT molecular complexity index is 212. The minimum Gasteiger partial charge on any atom is -0.380 e. The van der Waals surface area contributed by atoms with E-state index in [9.17, 15) is 0 Å². The van der Waals surface area contributed by atoms with E-state index < -0.39 is 0 Å². The Morgan fingerprint density at radius 3 is 2.93 bits per heavy atom. The van der Waals surface area contributed by atoms with Gasteiger partial charge in [0.1, 0.15) is 0 Å².